The Labute approximate surface area is 165 Å². The number of ether oxygens (including phenoxy) is 1. The van der Waals surface area contributed by atoms with Crippen molar-refractivity contribution in [2.75, 3.05) is 32.7 Å². The molecule has 1 saturated heterocycles. The highest BCUT2D eigenvalue weighted by Gasteiger charge is 2.32. The first kappa shape index (κ1) is 20.5. The van der Waals surface area contributed by atoms with Crippen LogP contribution in [0.15, 0.2) is 39.8 Å². The molecule has 2 aromatic rings. The Morgan fingerprint density at radius 3 is 2.57 bits per heavy atom. The molecule has 0 N–H and O–H groups in total. The van der Waals surface area contributed by atoms with Crippen molar-refractivity contribution in [3.8, 4) is 0 Å². The van der Waals surface area contributed by atoms with Gasteiger partial charge in [-0.1, -0.05) is 35.5 Å². The van der Waals surface area contributed by atoms with Gasteiger partial charge >= 0.3 is 5.97 Å². The Morgan fingerprint density at radius 1 is 1.14 bits per heavy atom. The van der Waals surface area contributed by atoms with Crippen molar-refractivity contribution in [2.24, 2.45) is 0 Å². The van der Waals surface area contributed by atoms with Crippen molar-refractivity contribution in [2.45, 2.75) is 31.8 Å². The largest absolute Gasteiger partial charge is 0.460 e. The minimum Gasteiger partial charge on any atom is -0.460 e. The minimum absolute atomic E-state index is 0.142. The van der Waals surface area contributed by atoms with Gasteiger partial charge in [-0.05, 0) is 25.8 Å². The fraction of sp³-hybridized carbons (Fsp3) is 0.474. The Kier molecular flexibility index (Phi) is 6.48. The summed E-state index contributed by atoms with van der Waals surface area (Å²) in [6, 6.07) is 9.50. The zero-order valence-electron chi connectivity index (χ0n) is 16.1. The number of sulfonamides is 1. The predicted molar refractivity (Wildman–Crippen MR) is 102 cm³/mol. The molecule has 8 nitrogen and oxygen atoms in total. The molecule has 152 valence electrons. The minimum atomic E-state index is -3.67. The number of rotatable bonds is 6. The Morgan fingerprint density at radius 2 is 1.89 bits per heavy atom. The highest BCUT2D eigenvalue weighted by Crippen LogP contribution is 2.24. The number of benzene rings is 1. The summed E-state index contributed by atoms with van der Waals surface area (Å²) in [6.07, 6.45) is 0.634. The molecule has 1 aromatic carbocycles. The average Bonchev–Trinajstić information content (AvgIpc) is 2.87. The van der Waals surface area contributed by atoms with Gasteiger partial charge < -0.3 is 9.26 Å². The third-order valence-corrected chi connectivity index (χ3v) is 6.85. The number of aryl methyl sites for hydroxylation is 2. The molecule has 0 bridgehead atoms. The first-order chi connectivity index (χ1) is 13.4. The maximum atomic E-state index is 12.9. The van der Waals surface area contributed by atoms with Crippen molar-refractivity contribution in [3.63, 3.8) is 0 Å². The van der Waals surface area contributed by atoms with Crippen LogP contribution in [0.4, 0.5) is 0 Å². The molecule has 0 aliphatic carbocycles. The topological polar surface area (TPSA) is 93.0 Å². The van der Waals surface area contributed by atoms with E-state index >= 15 is 0 Å². The van der Waals surface area contributed by atoms with Crippen LogP contribution in [0, 0.1) is 13.8 Å². The third-order valence-electron chi connectivity index (χ3n) is 4.71. The number of hydrogen-bond donors (Lipinski definition) is 0. The number of hydrogen-bond acceptors (Lipinski definition) is 7. The summed E-state index contributed by atoms with van der Waals surface area (Å²) < 4.78 is 37.7. The summed E-state index contributed by atoms with van der Waals surface area (Å²) in [4.78, 5) is 14.2. The lowest BCUT2D eigenvalue weighted by molar-refractivity contribution is -0.146. The quantitative estimate of drug-likeness (QED) is 0.673. The molecule has 0 atom stereocenters. The van der Waals surface area contributed by atoms with Gasteiger partial charge in [0.15, 0.2) is 5.76 Å². The molecule has 0 unspecified atom stereocenters. The molecule has 0 radical (unpaired) electrons. The fourth-order valence-corrected chi connectivity index (χ4v) is 5.04. The molecular formula is C19H25N3O5S. The van der Waals surface area contributed by atoms with Crippen LogP contribution in [0.5, 0.6) is 0 Å². The first-order valence-electron chi connectivity index (χ1n) is 9.23. The molecule has 2 heterocycles. The number of carbonyl (C=O) groups is 1. The lowest BCUT2D eigenvalue weighted by Crippen LogP contribution is -2.37. The van der Waals surface area contributed by atoms with Gasteiger partial charge in [0.1, 0.15) is 17.2 Å². The van der Waals surface area contributed by atoms with Crippen molar-refractivity contribution in [1.29, 1.82) is 0 Å². The number of carbonyl (C=O) groups excluding carboxylic acids is 1. The van der Waals surface area contributed by atoms with Crippen molar-refractivity contribution >= 4 is 16.0 Å². The van der Waals surface area contributed by atoms with E-state index in [1.165, 1.54) is 4.31 Å². The molecule has 28 heavy (non-hydrogen) atoms. The maximum absolute atomic E-state index is 12.9. The second-order valence-corrected chi connectivity index (χ2v) is 8.71. The zero-order valence-corrected chi connectivity index (χ0v) is 16.9. The van der Waals surface area contributed by atoms with Gasteiger partial charge in [0.2, 0.25) is 10.0 Å². The maximum Gasteiger partial charge on any atom is 0.320 e. The molecule has 9 heteroatoms. The number of esters is 1. The molecule has 3 rings (SSSR count). The van der Waals surface area contributed by atoms with Crippen LogP contribution in [0.2, 0.25) is 0 Å². The molecule has 0 saturated carbocycles. The van der Waals surface area contributed by atoms with E-state index in [4.69, 9.17) is 9.26 Å². The van der Waals surface area contributed by atoms with Gasteiger partial charge in [-0.2, -0.15) is 4.31 Å². The van der Waals surface area contributed by atoms with Crippen molar-refractivity contribution in [3.05, 3.63) is 47.3 Å². The summed E-state index contributed by atoms with van der Waals surface area (Å²) >= 11 is 0. The molecule has 1 fully saturated rings. The summed E-state index contributed by atoms with van der Waals surface area (Å²) in [6.45, 7) is 5.39. The summed E-state index contributed by atoms with van der Waals surface area (Å²) in [7, 11) is -3.67. The summed E-state index contributed by atoms with van der Waals surface area (Å²) in [5, 5.41) is 3.75. The second-order valence-electron chi connectivity index (χ2n) is 6.83. The standard InChI is InChI=1S/C19H25N3O5S/c1-15-19(16(2)27-20-15)28(24,25)22-10-6-9-21(11-12-22)13-18(23)26-14-17-7-4-3-5-8-17/h3-5,7-8H,6,9-14H2,1-2H3. The Bertz CT molecular complexity index is 891. The molecule has 1 aliphatic rings. The SMILES string of the molecule is Cc1noc(C)c1S(=O)(=O)N1CCCN(CC(=O)OCc2ccccc2)CC1. The smallest absolute Gasteiger partial charge is 0.320 e. The first-order valence-corrected chi connectivity index (χ1v) is 10.7. The second kappa shape index (κ2) is 8.85. The van der Waals surface area contributed by atoms with Gasteiger partial charge in [-0.25, -0.2) is 8.42 Å². The van der Waals surface area contributed by atoms with E-state index in [1.807, 2.05) is 35.2 Å². The van der Waals surface area contributed by atoms with Gasteiger partial charge in [0.25, 0.3) is 0 Å². The lowest BCUT2D eigenvalue weighted by Gasteiger charge is -2.21. The predicted octanol–water partition coefficient (Wildman–Crippen LogP) is 1.73. The van der Waals surface area contributed by atoms with Crippen LogP contribution < -0.4 is 0 Å². The van der Waals surface area contributed by atoms with Gasteiger partial charge in [-0.15, -0.1) is 0 Å². The van der Waals surface area contributed by atoms with E-state index in [-0.39, 0.29) is 24.0 Å². The van der Waals surface area contributed by atoms with E-state index in [2.05, 4.69) is 5.16 Å². The summed E-state index contributed by atoms with van der Waals surface area (Å²) in [5.74, 6) is -0.0195. The fourth-order valence-electron chi connectivity index (χ4n) is 3.28. The van der Waals surface area contributed by atoms with Crippen molar-refractivity contribution < 1.29 is 22.5 Å². The molecule has 0 spiro atoms. The van der Waals surface area contributed by atoms with Crippen LogP contribution in [0.25, 0.3) is 0 Å². The van der Waals surface area contributed by atoms with Crippen molar-refractivity contribution in [1.82, 2.24) is 14.4 Å². The molecule has 0 amide bonds. The lowest BCUT2D eigenvalue weighted by atomic mass is 10.2. The molecule has 1 aromatic heterocycles. The van der Waals surface area contributed by atoms with Gasteiger partial charge in [0, 0.05) is 26.2 Å². The number of nitrogens with zero attached hydrogens (tertiary/aromatic N) is 3. The summed E-state index contributed by atoms with van der Waals surface area (Å²) in [5.41, 5.74) is 1.30. The van der Waals surface area contributed by atoms with Crippen LogP contribution in [-0.4, -0.2) is 61.5 Å². The zero-order chi connectivity index (χ0) is 20.1. The average molecular weight is 407 g/mol. The monoisotopic (exact) mass is 407 g/mol. The van der Waals surface area contributed by atoms with Crippen LogP contribution >= 0.6 is 0 Å². The highest BCUT2D eigenvalue weighted by atomic mass is 32.2. The van der Waals surface area contributed by atoms with E-state index in [0.717, 1.165) is 5.56 Å². The normalized spacial score (nSPS) is 16.6. The van der Waals surface area contributed by atoms with Crippen LogP contribution in [0.3, 0.4) is 0 Å². The van der Waals surface area contributed by atoms with E-state index in [9.17, 15) is 13.2 Å². The van der Waals surface area contributed by atoms with Crippen LogP contribution in [0.1, 0.15) is 23.4 Å². The number of aromatic nitrogens is 1. The highest BCUT2D eigenvalue weighted by molar-refractivity contribution is 7.89. The Balaban J connectivity index is 1.55. The van der Waals surface area contributed by atoms with E-state index in [0.29, 0.717) is 44.1 Å². The molecule has 1 aliphatic heterocycles. The van der Waals surface area contributed by atoms with Crippen LogP contribution in [-0.2, 0) is 26.2 Å². The third kappa shape index (κ3) is 4.78. The Hall–Kier alpha value is -2.23. The van der Waals surface area contributed by atoms with E-state index in [1.54, 1.807) is 13.8 Å². The van der Waals surface area contributed by atoms with Gasteiger partial charge in [0.05, 0.1) is 6.54 Å². The van der Waals surface area contributed by atoms with Gasteiger partial charge in [-0.3, -0.25) is 9.69 Å². The molecular weight excluding hydrogens is 382 g/mol. The van der Waals surface area contributed by atoms with E-state index < -0.39 is 10.0 Å².